The maximum Gasteiger partial charge on any atom is 0.193 e. The molecule has 1 unspecified atom stereocenters. The van der Waals surface area contributed by atoms with Gasteiger partial charge >= 0.3 is 0 Å². The van der Waals surface area contributed by atoms with Crippen molar-refractivity contribution in [2.75, 3.05) is 39.9 Å². The zero-order valence-corrected chi connectivity index (χ0v) is 13.0. The maximum absolute atomic E-state index is 5.44. The van der Waals surface area contributed by atoms with Crippen LogP contribution in [-0.4, -0.2) is 50.8 Å². The number of unbranched alkanes of at least 4 members (excludes halogenated alkanes) is 3. The molecule has 1 aliphatic heterocycles. The lowest BCUT2D eigenvalue weighted by molar-refractivity contribution is 0.181. The van der Waals surface area contributed by atoms with Crippen molar-refractivity contribution in [2.24, 2.45) is 10.9 Å². The lowest BCUT2D eigenvalue weighted by Crippen LogP contribution is -2.41. The molecule has 19 heavy (non-hydrogen) atoms. The van der Waals surface area contributed by atoms with Crippen molar-refractivity contribution in [1.29, 1.82) is 0 Å². The molecule has 0 aromatic heterocycles. The highest BCUT2D eigenvalue weighted by atomic mass is 16.5. The van der Waals surface area contributed by atoms with Crippen LogP contribution in [0.4, 0.5) is 0 Å². The lowest BCUT2D eigenvalue weighted by atomic mass is 10.1. The highest BCUT2D eigenvalue weighted by molar-refractivity contribution is 5.79. The zero-order chi connectivity index (χ0) is 13.9. The Morgan fingerprint density at radius 1 is 1.32 bits per heavy atom. The third-order valence-corrected chi connectivity index (χ3v) is 3.53. The number of hydrogen-bond acceptors (Lipinski definition) is 2. The van der Waals surface area contributed by atoms with E-state index in [-0.39, 0.29) is 0 Å². The van der Waals surface area contributed by atoms with Crippen molar-refractivity contribution in [3.05, 3.63) is 0 Å². The van der Waals surface area contributed by atoms with Gasteiger partial charge in [-0.15, -0.1) is 0 Å². The molecular weight excluding hydrogens is 238 g/mol. The molecule has 1 aliphatic rings. The Bertz CT molecular complexity index is 250. The number of aliphatic imine (C=N–C) groups is 1. The van der Waals surface area contributed by atoms with Gasteiger partial charge in [0, 0.05) is 39.2 Å². The van der Waals surface area contributed by atoms with Crippen LogP contribution in [0, 0.1) is 5.92 Å². The van der Waals surface area contributed by atoms with Crippen molar-refractivity contribution in [1.82, 2.24) is 10.2 Å². The largest absolute Gasteiger partial charge is 0.381 e. The second-order valence-corrected chi connectivity index (χ2v) is 5.41. The summed E-state index contributed by atoms with van der Waals surface area (Å²) in [5, 5.41) is 3.38. The summed E-state index contributed by atoms with van der Waals surface area (Å²) in [5.74, 6) is 1.71. The van der Waals surface area contributed by atoms with Crippen molar-refractivity contribution in [3.63, 3.8) is 0 Å². The van der Waals surface area contributed by atoms with Gasteiger partial charge < -0.3 is 15.0 Å². The van der Waals surface area contributed by atoms with Crippen LogP contribution in [0.15, 0.2) is 4.99 Å². The Hall–Kier alpha value is -0.770. The minimum atomic E-state index is 0.661. The molecular formula is C15H31N3O. The molecule has 0 spiro atoms. The molecule has 0 aromatic carbocycles. The highest BCUT2D eigenvalue weighted by Crippen LogP contribution is 2.13. The van der Waals surface area contributed by atoms with E-state index in [1.54, 1.807) is 0 Å². The predicted octanol–water partition coefficient (Wildman–Crippen LogP) is 2.50. The van der Waals surface area contributed by atoms with Crippen LogP contribution in [0.2, 0.25) is 0 Å². The minimum Gasteiger partial charge on any atom is -0.381 e. The number of guanidine groups is 1. The van der Waals surface area contributed by atoms with E-state index >= 15 is 0 Å². The molecule has 0 aliphatic carbocycles. The van der Waals surface area contributed by atoms with Crippen LogP contribution in [0.25, 0.3) is 0 Å². The number of rotatable bonds is 8. The first-order chi connectivity index (χ1) is 9.27. The van der Waals surface area contributed by atoms with E-state index in [9.17, 15) is 0 Å². The predicted molar refractivity (Wildman–Crippen MR) is 81.7 cm³/mol. The Labute approximate surface area is 118 Å². The van der Waals surface area contributed by atoms with Gasteiger partial charge in [-0.05, 0) is 19.8 Å². The van der Waals surface area contributed by atoms with Gasteiger partial charge in [0.2, 0.25) is 0 Å². The molecule has 1 atom stereocenters. The minimum absolute atomic E-state index is 0.661. The molecule has 4 heteroatoms. The van der Waals surface area contributed by atoms with Crippen LogP contribution in [0.5, 0.6) is 0 Å². The van der Waals surface area contributed by atoms with E-state index in [1.165, 1.54) is 32.1 Å². The lowest BCUT2D eigenvalue weighted by Gasteiger charge is -2.24. The molecule has 0 radical (unpaired) electrons. The molecule has 1 saturated heterocycles. The third-order valence-electron chi connectivity index (χ3n) is 3.53. The van der Waals surface area contributed by atoms with Crippen molar-refractivity contribution < 1.29 is 4.74 Å². The van der Waals surface area contributed by atoms with Crippen molar-refractivity contribution in [3.8, 4) is 0 Å². The maximum atomic E-state index is 5.44. The van der Waals surface area contributed by atoms with Gasteiger partial charge in [0.25, 0.3) is 0 Å². The van der Waals surface area contributed by atoms with Crippen LogP contribution in [0.3, 0.4) is 0 Å². The molecule has 1 N–H and O–H groups in total. The van der Waals surface area contributed by atoms with Crippen LogP contribution in [-0.2, 0) is 4.74 Å². The van der Waals surface area contributed by atoms with E-state index < -0.39 is 0 Å². The standard InChI is InChI=1S/C15H31N3O/c1-4-6-7-8-10-17-15(16-5-2)18(3)12-14-9-11-19-13-14/h14H,4-13H2,1-3H3,(H,16,17). The summed E-state index contributed by atoms with van der Waals surface area (Å²) in [7, 11) is 2.13. The fourth-order valence-electron chi connectivity index (χ4n) is 2.39. The quantitative estimate of drug-likeness (QED) is 0.418. The first-order valence-corrected chi connectivity index (χ1v) is 7.85. The summed E-state index contributed by atoms with van der Waals surface area (Å²) in [4.78, 5) is 6.97. The van der Waals surface area contributed by atoms with E-state index in [2.05, 4.69) is 31.1 Å². The molecule has 1 fully saturated rings. The van der Waals surface area contributed by atoms with Gasteiger partial charge in [0.15, 0.2) is 5.96 Å². The second-order valence-electron chi connectivity index (χ2n) is 5.41. The number of hydrogen-bond donors (Lipinski definition) is 1. The van der Waals surface area contributed by atoms with Crippen LogP contribution < -0.4 is 5.32 Å². The summed E-state index contributed by atoms with van der Waals surface area (Å²) in [6, 6.07) is 0. The first kappa shape index (κ1) is 16.3. The van der Waals surface area contributed by atoms with Crippen molar-refractivity contribution >= 4 is 5.96 Å². The monoisotopic (exact) mass is 269 g/mol. The van der Waals surface area contributed by atoms with E-state index in [0.717, 1.165) is 38.8 Å². The van der Waals surface area contributed by atoms with E-state index in [4.69, 9.17) is 9.73 Å². The summed E-state index contributed by atoms with van der Waals surface area (Å²) in [6.07, 6.45) is 6.27. The van der Waals surface area contributed by atoms with Crippen molar-refractivity contribution in [2.45, 2.75) is 46.0 Å². The molecule has 1 rings (SSSR count). The highest BCUT2D eigenvalue weighted by Gasteiger charge is 2.18. The van der Waals surface area contributed by atoms with Gasteiger partial charge in [-0.2, -0.15) is 0 Å². The van der Waals surface area contributed by atoms with Gasteiger partial charge in [-0.3, -0.25) is 4.99 Å². The Morgan fingerprint density at radius 3 is 2.79 bits per heavy atom. The Morgan fingerprint density at radius 2 is 2.16 bits per heavy atom. The Balaban J connectivity index is 2.33. The zero-order valence-electron chi connectivity index (χ0n) is 13.0. The van der Waals surface area contributed by atoms with E-state index in [1.807, 2.05) is 0 Å². The van der Waals surface area contributed by atoms with E-state index in [0.29, 0.717) is 5.92 Å². The molecule has 4 nitrogen and oxygen atoms in total. The molecule has 0 aromatic rings. The summed E-state index contributed by atoms with van der Waals surface area (Å²) >= 11 is 0. The van der Waals surface area contributed by atoms with Gasteiger partial charge in [-0.1, -0.05) is 26.2 Å². The fraction of sp³-hybridized carbons (Fsp3) is 0.933. The topological polar surface area (TPSA) is 36.9 Å². The smallest absolute Gasteiger partial charge is 0.193 e. The summed E-state index contributed by atoms with van der Waals surface area (Å²) < 4.78 is 5.44. The number of ether oxygens (including phenoxy) is 1. The number of nitrogens with zero attached hydrogens (tertiary/aromatic N) is 2. The van der Waals surface area contributed by atoms with Gasteiger partial charge in [-0.25, -0.2) is 0 Å². The van der Waals surface area contributed by atoms with Gasteiger partial charge in [0.1, 0.15) is 0 Å². The third kappa shape index (κ3) is 6.81. The summed E-state index contributed by atoms with van der Waals surface area (Å²) in [5.41, 5.74) is 0. The van der Waals surface area contributed by atoms with Crippen LogP contribution in [0.1, 0.15) is 46.0 Å². The first-order valence-electron chi connectivity index (χ1n) is 7.85. The molecule has 1 heterocycles. The van der Waals surface area contributed by atoms with Crippen LogP contribution >= 0.6 is 0 Å². The average Bonchev–Trinajstić information content (AvgIpc) is 2.90. The van der Waals surface area contributed by atoms with Gasteiger partial charge in [0.05, 0.1) is 6.61 Å². The normalized spacial score (nSPS) is 19.7. The molecule has 0 saturated carbocycles. The molecule has 0 amide bonds. The average molecular weight is 269 g/mol. The SMILES string of the molecule is CCCCCCN=C(NCC)N(C)CC1CCOC1. The second kappa shape index (κ2) is 10.1. The molecule has 112 valence electrons. The number of nitrogens with one attached hydrogen (secondary N) is 1. The Kier molecular flexibility index (Phi) is 8.63. The summed E-state index contributed by atoms with van der Waals surface area (Å²) in [6.45, 7) is 9.10. The fourth-order valence-corrected chi connectivity index (χ4v) is 2.39. The molecule has 0 bridgehead atoms.